The standard InChI is InChI=1S/C18H24ClN5O/c1-3-5-16-17(18(25)23-9-8-13(12-23)11-20-2)21-22-24(16)15-7-4-6-14(19)10-15/h4,6-7,10,13,20H,3,5,8-9,11-12H2,1-2H3. The van der Waals surface area contributed by atoms with Crippen molar-refractivity contribution in [3.63, 3.8) is 0 Å². The van der Waals surface area contributed by atoms with Crippen molar-refractivity contribution < 1.29 is 4.79 Å². The minimum atomic E-state index is -0.0182. The molecule has 3 rings (SSSR count). The fraction of sp³-hybridized carbons (Fsp3) is 0.500. The van der Waals surface area contributed by atoms with Crippen molar-refractivity contribution in [1.29, 1.82) is 0 Å². The van der Waals surface area contributed by atoms with Gasteiger partial charge >= 0.3 is 0 Å². The normalized spacial score (nSPS) is 17.2. The Morgan fingerprint density at radius 3 is 3.00 bits per heavy atom. The van der Waals surface area contributed by atoms with Crippen molar-refractivity contribution in [1.82, 2.24) is 25.2 Å². The van der Waals surface area contributed by atoms with E-state index >= 15 is 0 Å². The Bertz CT molecular complexity index is 745. The number of hydrogen-bond donors (Lipinski definition) is 1. The summed E-state index contributed by atoms with van der Waals surface area (Å²) in [5.41, 5.74) is 2.15. The smallest absolute Gasteiger partial charge is 0.276 e. The van der Waals surface area contributed by atoms with Crippen LogP contribution >= 0.6 is 11.6 Å². The monoisotopic (exact) mass is 361 g/mol. The molecule has 1 fully saturated rings. The molecule has 1 aliphatic heterocycles. The first kappa shape index (κ1) is 17.9. The lowest BCUT2D eigenvalue weighted by Crippen LogP contribution is -2.31. The van der Waals surface area contributed by atoms with E-state index in [1.54, 1.807) is 4.68 Å². The summed E-state index contributed by atoms with van der Waals surface area (Å²) in [6.45, 7) is 4.57. The average molecular weight is 362 g/mol. The molecule has 134 valence electrons. The van der Waals surface area contributed by atoms with Gasteiger partial charge in [0.05, 0.1) is 11.4 Å². The number of amides is 1. The Morgan fingerprint density at radius 1 is 1.44 bits per heavy atom. The molecule has 6 nitrogen and oxygen atoms in total. The highest BCUT2D eigenvalue weighted by molar-refractivity contribution is 6.30. The fourth-order valence-electron chi connectivity index (χ4n) is 3.37. The summed E-state index contributed by atoms with van der Waals surface area (Å²) in [5, 5.41) is 12.3. The zero-order valence-corrected chi connectivity index (χ0v) is 15.5. The molecule has 0 radical (unpaired) electrons. The number of halogens is 1. The number of benzene rings is 1. The van der Waals surface area contributed by atoms with Gasteiger partial charge in [0.15, 0.2) is 5.69 Å². The lowest BCUT2D eigenvalue weighted by atomic mass is 10.1. The zero-order chi connectivity index (χ0) is 17.8. The Balaban J connectivity index is 1.88. The van der Waals surface area contributed by atoms with Crippen LogP contribution in [0, 0.1) is 5.92 Å². The van der Waals surface area contributed by atoms with Crippen LogP contribution in [0.3, 0.4) is 0 Å². The summed E-state index contributed by atoms with van der Waals surface area (Å²) in [7, 11) is 1.94. The number of hydrogen-bond acceptors (Lipinski definition) is 4. The molecule has 1 aromatic carbocycles. The topological polar surface area (TPSA) is 63.1 Å². The molecule has 1 N–H and O–H groups in total. The SMILES string of the molecule is CCCc1c(C(=O)N2CCC(CNC)C2)nnn1-c1cccc(Cl)c1. The molecule has 1 atom stereocenters. The quantitative estimate of drug-likeness (QED) is 0.858. The van der Waals surface area contributed by atoms with E-state index in [1.807, 2.05) is 36.2 Å². The van der Waals surface area contributed by atoms with Gasteiger partial charge in [-0.15, -0.1) is 5.10 Å². The maximum atomic E-state index is 13.0. The highest BCUT2D eigenvalue weighted by Gasteiger charge is 2.30. The van der Waals surface area contributed by atoms with Gasteiger partial charge in [0.1, 0.15) is 0 Å². The summed E-state index contributed by atoms with van der Waals surface area (Å²) in [5.74, 6) is 0.488. The highest BCUT2D eigenvalue weighted by Crippen LogP contribution is 2.22. The molecule has 1 amide bonds. The third-order valence-electron chi connectivity index (χ3n) is 4.57. The predicted octanol–water partition coefficient (Wildman–Crippen LogP) is 2.55. The minimum absolute atomic E-state index is 0.0182. The third kappa shape index (κ3) is 3.85. The van der Waals surface area contributed by atoms with Crippen LogP contribution in [0.2, 0.25) is 5.02 Å². The fourth-order valence-corrected chi connectivity index (χ4v) is 3.55. The first-order valence-corrected chi connectivity index (χ1v) is 9.16. The van der Waals surface area contributed by atoms with E-state index in [1.165, 1.54) is 0 Å². The minimum Gasteiger partial charge on any atom is -0.337 e. The molecule has 0 aliphatic carbocycles. The van der Waals surface area contributed by atoms with Crippen molar-refractivity contribution in [2.24, 2.45) is 5.92 Å². The molecule has 1 aromatic heterocycles. The molecule has 7 heteroatoms. The van der Waals surface area contributed by atoms with Crippen molar-refractivity contribution in [2.45, 2.75) is 26.2 Å². The molecule has 2 aromatic rings. The number of carbonyl (C=O) groups is 1. The first-order valence-electron chi connectivity index (χ1n) is 8.78. The summed E-state index contributed by atoms with van der Waals surface area (Å²) >= 11 is 6.10. The maximum Gasteiger partial charge on any atom is 0.276 e. The van der Waals surface area contributed by atoms with Gasteiger partial charge in [-0.1, -0.05) is 36.2 Å². The van der Waals surface area contributed by atoms with Crippen LogP contribution in [0.15, 0.2) is 24.3 Å². The Morgan fingerprint density at radius 2 is 2.28 bits per heavy atom. The Hall–Kier alpha value is -1.92. The van der Waals surface area contributed by atoms with E-state index in [4.69, 9.17) is 11.6 Å². The van der Waals surface area contributed by atoms with Crippen LogP contribution < -0.4 is 5.32 Å². The van der Waals surface area contributed by atoms with Crippen LogP contribution in [0.25, 0.3) is 5.69 Å². The molecule has 1 aliphatic rings. The zero-order valence-electron chi connectivity index (χ0n) is 14.7. The predicted molar refractivity (Wildman–Crippen MR) is 98.3 cm³/mol. The van der Waals surface area contributed by atoms with Gasteiger partial charge in [0, 0.05) is 18.1 Å². The molecule has 0 saturated carbocycles. The number of aromatic nitrogens is 3. The van der Waals surface area contributed by atoms with Crippen LogP contribution in [-0.4, -0.2) is 52.5 Å². The second-order valence-electron chi connectivity index (χ2n) is 6.49. The van der Waals surface area contributed by atoms with Crippen molar-refractivity contribution in [3.8, 4) is 5.69 Å². The molecule has 1 unspecified atom stereocenters. The van der Waals surface area contributed by atoms with Gasteiger partial charge in [-0.2, -0.15) is 0 Å². The van der Waals surface area contributed by atoms with Crippen LogP contribution in [-0.2, 0) is 6.42 Å². The number of carbonyl (C=O) groups excluding carboxylic acids is 1. The van der Waals surface area contributed by atoms with Gasteiger partial charge in [0.2, 0.25) is 0 Å². The van der Waals surface area contributed by atoms with E-state index in [0.717, 1.165) is 50.3 Å². The second-order valence-corrected chi connectivity index (χ2v) is 6.93. The van der Waals surface area contributed by atoms with Crippen molar-refractivity contribution in [3.05, 3.63) is 40.7 Å². The van der Waals surface area contributed by atoms with Crippen molar-refractivity contribution >= 4 is 17.5 Å². The summed E-state index contributed by atoms with van der Waals surface area (Å²) in [6.07, 6.45) is 2.68. The van der Waals surface area contributed by atoms with Gasteiger partial charge in [-0.05, 0) is 50.6 Å². The lowest BCUT2D eigenvalue weighted by molar-refractivity contribution is 0.0780. The summed E-state index contributed by atoms with van der Waals surface area (Å²) in [6, 6.07) is 7.45. The van der Waals surface area contributed by atoms with E-state index in [9.17, 15) is 4.79 Å². The van der Waals surface area contributed by atoms with E-state index in [2.05, 4.69) is 22.6 Å². The second kappa shape index (κ2) is 7.97. The Labute approximate surface area is 153 Å². The average Bonchev–Trinajstić information content (AvgIpc) is 3.22. The number of nitrogens with zero attached hydrogens (tertiary/aromatic N) is 4. The van der Waals surface area contributed by atoms with E-state index < -0.39 is 0 Å². The van der Waals surface area contributed by atoms with Gasteiger partial charge in [-0.25, -0.2) is 4.68 Å². The van der Waals surface area contributed by atoms with Gasteiger partial charge in [-0.3, -0.25) is 4.79 Å². The first-order chi connectivity index (χ1) is 12.1. The Kier molecular flexibility index (Phi) is 5.71. The van der Waals surface area contributed by atoms with Crippen LogP contribution in [0.4, 0.5) is 0 Å². The van der Waals surface area contributed by atoms with Crippen molar-refractivity contribution in [2.75, 3.05) is 26.7 Å². The molecule has 0 bridgehead atoms. The van der Waals surface area contributed by atoms with Crippen LogP contribution in [0.5, 0.6) is 0 Å². The molecule has 25 heavy (non-hydrogen) atoms. The molecular formula is C18H24ClN5O. The summed E-state index contributed by atoms with van der Waals surface area (Å²) in [4.78, 5) is 14.9. The maximum absolute atomic E-state index is 13.0. The largest absolute Gasteiger partial charge is 0.337 e. The number of likely N-dealkylation sites (tertiary alicyclic amines) is 1. The molecule has 0 spiro atoms. The van der Waals surface area contributed by atoms with Gasteiger partial charge < -0.3 is 10.2 Å². The molecular weight excluding hydrogens is 338 g/mol. The molecule has 1 saturated heterocycles. The summed E-state index contributed by atoms with van der Waals surface area (Å²) < 4.78 is 1.74. The highest BCUT2D eigenvalue weighted by atomic mass is 35.5. The van der Waals surface area contributed by atoms with E-state index in [-0.39, 0.29) is 5.91 Å². The number of nitrogens with one attached hydrogen (secondary N) is 1. The van der Waals surface area contributed by atoms with Crippen LogP contribution in [0.1, 0.15) is 35.9 Å². The lowest BCUT2D eigenvalue weighted by Gasteiger charge is -2.16. The van der Waals surface area contributed by atoms with E-state index in [0.29, 0.717) is 16.6 Å². The third-order valence-corrected chi connectivity index (χ3v) is 4.81. The number of rotatable bonds is 6. The van der Waals surface area contributed by atoms with Gasteiger partial charge in [0.25, 0.3) is 5.91 Å². The molecule has 2 heterocycles.